The number of anilines is 4. The number of carbonyl (C=O) groups is 1. The topological polar surface area (TPSA) is 70.4 Å². The van der Waals surface area contributed by atoms with E-state index in [9.17, 15) is 4.79 Å². The van der Waals surface area contributed by atoms with Crippen LogP contribution in [0.5, 0.6) is 0 Å². The van der Waals surface area contributed by atoms with Gasteiger partial charge in [-0.05, 0) is 48.7 Å². The van der Waals surface area contributed by atoms with Crippen LogP contribution in [0.1, 0.15) is 12.0 Å². The number of hydrogen-bond acceptors (Lipinski definition) is 4. The molecule has 26 heavy (non-hydrogen) atoms. The van der Waals surface area contributed by atoms with Gasteiger partial charge in [-0.25, -0.2) is 4.79 Å². The van der Waals surface area contributed by atoms with Crippen molar-refractivity contribution in [1.82, 2.24) is 5.16 Å². The Hall–Kier alpha value is -3.54. The van der Waals surface area contributed by atoms with Crippen molar-refractivity contribution in [3.8, 4) is 0 Å². The van der Waals surface area contributed by atoms with Gasteiger partial charge < -0.3 is 14.7 Å². The van der Waals surface area contributed by atoms with Crippen LogP contribution in [0.2, 0.25) is 0 Å². The molecule has 0 bridgehead atoms. The van der Waals surface area contributed by atoms with E-state index in [1.165, 1.54) is 17.5 Å². The Balaban J connectivity index is 1.50. The third kappa shape index (κ3) is 3.44. The molecule has 0 saturated heterocycles. The minimum Gasteiger partial charge on any atom is -0.363 e. The fraction of sp³-hybridized carbons (Fsp3) is 0.100. The van der Waals surface area contributed by atoms with Crippen molar-refractivity contribution in [3.05, 3.63) is 78.7 Å². The van der Waals surface area contributed by atoms with Crippen LogP contribution in [0.4, 0.5) is 27.7 Å². The Bertz CT molecular complexity index is 917. The molecule has 130 valence electrons. The zero-order chi connectivity index (χ0) is 17.8. The molecular weight excluding hydrogens is 328 g/mol. The molecule has 2 amide bonds. The number of benzene rings is 2. The third-order valence-electron chi connectivity index (χ3n) is 4.17. The minimum absolute atomic E-state index is 0.366. The highest BCUT2D eigenvalue weighted by atomic mass is 16.5. The van der Waals surface area contributed by atoms with Crippen LogP contribution in [0.25, 0.3) is 0 Å². The van der Waals surface area contributed by atoms with Crippen molar-refractivity contribution < 1.29 is 9.32 Å². The molecule has 0 radical (unpaired) electrons. The fourth-order valence-electron chi connectivity index (χ4n) is 2.94. The van der Waals surface area contributed by atoms with Crippen LogP contribution < -0.4 is 15.5 Å². The number of urea groups is 1. The van der Waals surface area contributed by atoms with Crippen LogP contribution in [0, 0.1) is 0 Å². The molecule has 4 rings (SSSR count). The van der Waals surface area contributed by atoms with Crippen molar-refractivity contribution in [2.24, 2.45) is 0 Å². The zero-order valence-electron chi connectivity index (χ0n) is 14.1. The number of nitrogens with zero attached hydrogens (tertiary/aromatic N) is 2. The first-order chi connectivity index (χ1) is 12.8. The molecule has 0 spiro atoms. The van der Waals surface area contributed by atoms with E-state index < -0.39 is 0 Å². The number of hydrogen-bond donors (Lipinski definition) is 2. The second-order valence-corrected chi connectivity index (χ2v) is 5.93. The minimum atomic E-state index is -0.369. The predicted octanol–water partition coefficient (Wildman–Crippen LogP) is 4.92. The molecule has 2 N–H and O–H groups in total. The van der Waals surface area contributed by atoms with Crippen molar-refractivity contribution in [1.29, 1.82) is 0 Å². The number of aromatic nitrogens is 1. The number of aryl methyl sites for hydroxylation is 1. The average molecular weight is 346 g/mol. The van der Waals surface area contributed by atoms with Crippen LogP contribution in [-0.2, 0) is 6.42 Å². The van der Waals surface area contributed by atoms with Gasteiger partial charge in [0.2, 0.25) is 0 Å². The van der Waals surface area contributed by atoms with E-state index in [4.69, 9.17) is 0 Å². The van der Waals surface area contributed by atoms with E-state index in [1.807, 2.05) is 24.3 Å². The molecule has 1 aliphatic heterocycles. The summed E-state index contributed by atoms with van der Waals surface area (Å²) in [7, 11) is 0. The lowest BCUT2D eigenvalue weighted by molar-refractivity contribution is 0.262. The van der Waals surface area contributed by atoms with Gasteiger partial charge in [0.05, 0.1) is 0 Å². The van der Waals surface area contributed by atoms with Gasteiger partial charge in [-0.3, -0.25) is 5.32 Å². The van der Waals surface area contributed by atoms with Gasteiger partial charge >= 0.3 is 6.03 Å². The SMILES string of the molecule is O=C(Nc1ccc(N2C=CCCc3ccccc32)cc1)Nc1ccon1. The Morgan fingerprint density at radius 2 is 1.88 bits per heavy atom. The molecule has 1 aromatic heterocycles. The van der Waals surface area contributed by atoms with Crippen molar-refractivity contribution in [3.63, 3.8) is 0 Å². The molecule has 0 unspecified atom stereocenters. The number of carbonyl (C=O) groups excluding carboxylic acids is 1. The highest BCUT2D eigenvalue weighted by molar-refractivity contribution is 5.99. The molecule has 0 atom stereocenters. The summed E-state index contributed by atoms with van der Waals surface area (Å²) in [6.07, 6.45) is 7.74. The van der Waals surface area contributed by atoms with E-state index in [1.54, 1.807) is 6.07 Å². The molecule has 0 saturated carbocycles. The van der Waals surface area contributed by atoms with E-state index in [-0.39, 0.29) is 6.03 Å². The molecule has 1 aliphatic rings. The van der Waals surface area contributed by atoms with Gasteiger partial charge in [0, 0.05) is 29.3 Å². The fourth-order valence-corrected chi connectivity index (χ4v) is 2.94. The summed E-state index contributed by atoms with van der Waals surface area (Å²) in [4.78, 5) is 14.1. The van der Waals surface area contributed by atoms with Crippen molar-refractivity contribution >= 4 is 28.9 Å². The van der Waals surface area contributed by atoms with Crippen molar-refractivity contribution in [2.75, 3.05) is 15.5 Å². The molecule has 2 heterocycles. The normalized spacial score (nSPS) is 13.0. The standard InChI is InChI=1S/C20H18N4O2/c25-20(22-19-12-14-26-23-19)21-16-8-10-17(11-9-16)24-13-4-3-6-15-5-1-2-7-18(15)24/h1-2,4-5,7-14H,3,6H2,(H2,21,22,23,25). The second kappa shape index (κ2) is 7.14. The Kier molecular flexibility index (Phi) is 4.38. The summed E-state index contributed by atoms with van der Waals surface area (Å²) in [6, 6.07) is 17.3. The number of rotatable bonds is 3. The average Bonchev–Trinajstić information content (AvgIpc) is 3.07. The molecule has 0 fully saturated rings. The lowest BCUT2D eigenvalue weighted by Gasteiger charge is -2.22. The quantitative estimate of drug-likeness (QED) is 0.706. The van der Waals surface area contributed by atoms with E-state index in [0.717, 1.165) is 18.5 Å². The first-order valence-electron chi connectivity index (χ1n) is 8.42. The monoisotopic (exact) mass is 346 g/mol. The molecule has 2 aromatic carbocycles. The lowest BCUT2D eigenvalue weighted by Crippen LogP contribution is -2.19. The molecule has 3 aromatic rings. The molecule has 6 nitrogen and oxygen atoms in total. The number of para-hydroxylation sites is 1. The number of nitrogens with one attached hydrogen (secondary N) is 2. The second-order valence-electron chi connectivity index (χ2n) is 5.93. The third-order valence-corrected chi connectivity index (χ3v) is 4.17. The van der Waals surface area contributed by atoms with Gasteiger partial charge in [-0.15, -0.1) is 0 Å². The number of fused-ring (bicyclic) bond motifs is 1. The zero-order valence-corrected chi connectivity index (χ0v) is 14.1. The highest BCUT2D eigenvalue weighted by Crippen LogP contribution is 2.32. The van der Waals surface area contributed by atoms with Gasteiger partial charge in [-0.1, -0.05) is 29.4 Å². The summed E-state index contributed by atoms with van der Waals surface area (Å²) < 4.78 is 4.68. The van der Waals surface area contributed by atoms with Gasteiger partial charge in [0.1, 0.15) is 6.26 Å². The summed E-state index contributed by atoms with van der Waals surface area (Å²) in [5.74, 6) is 0.366. The summed E-state index contributed by atoms with van der Waals surface area (Å²) in [5.41, 5.74) is 4.25. The number of amides is 2. The Morgan fingerprint density at radius 3 is 2.69 bits per heavy atom. The van der Waals surface area contributed by atoms with Gasteiger partial charge in [-0.2, -0.15) is 0 Å². The first-order valence-corrected chi connectivity index (χ1v) is 8.42. The molecule has 0 aliphatic carbocycles. The van der Waals surface area contributed by atoms with Crippen LogP contribution in [0.15, 0.2) is 77.7 Å². The van der Waals surface area contributed by atoms with E-state index in [2.05, 4.69) is 61.8 Å². The maximum Gasteiger partial charge on any atom is 0.324 e. The van der Waals surface area contributed by atoms with E-state index >= 15 is 0 Å². The smallest absolute Gasteiger partial charge is 0.324 e. The van der Waals surface area contributed by atoms with Crippen LogP contribution in [0.3, 0.4) is 0 Å². The highest BCUT2D eigenvalue weighted by Gasteiger charge is 2.13. The Labute approximate surface area is 151 Å². The van der Waals surface area contributed by atoms with Gasteiger partial charge in [0.25, 0.3) is 0 Å². The maximum absolute atomic E-state index is 12.0. The predicted molar refractivity (Wildman–Crippen MR) is 102 cm³/mol. The molecular formula is C20H18N4O2. The van der Waals surface area contributed by atoms with Gasteiger partial charge in [0.15, 0.2) is 5.82 Å². The van der Waals surface area contributed by atoms with Crippen LogP contribution in [-0.4, -0.2) is 11.2 Å². The first kappa shape index (κ1) is 16.0. The maximum atomic E-state index is 12.0. The largest absolute Gasteiger partial charge is 0.363 e. The summed E-state index contributed by atoms with van der Waals surface area (Å²) in [6.45, 7) is 0. The summed E-state index contributed by atoms with van der Waals surface area (Å²) in [5, 5.41) is 9.01. The van der Waals surface area contributed by atoms with E-state index in [0.29, 0.717) is 11.5 Å². The van der Waals surface area contributed by atoms with Crippen LogP contribution >= 0.6 is 0 Å². The summed E-state index contributed by atoms with van der Waals surface area (Å²) >= 11 is 0. The lowest BCUT2D eigenvalue weighted by atomic mass is 10.1. The molecule has 6 heteroatoms. The number of allylic oxidation sites excluding steroid dienone is 1. The Morgan fingerprint density at radius 1 is 1.04 bits per heavy atom. The van der Waals surface area contributed by atoms with Crippen molar-refractivity contribution in [2.45, 2.75) is 12.8 Å².